The predicted molar refractivity (Wildman–Crippen MR) is 59.4 cm³/mol. The van der Waals surface area contributed by atoms with Crippen LogP contribution in [0.25, 0.3) is 0 Å². The predicted octanol–water partition coefficient (Wildman–Crippen LogP) is 2.73. The van der Waals surface area contributed by atoms with Gasteiger partial charge in [-0.3, -0.25) is 0 Å². The van der Waals surface area contributed by atoms with Crippen molar-refractivity contribution in [3.8, 4) is 11.5 Å². The van der Waals surface area contributed by atoms with Crippen LogP contribution in [0.3, 0.4) is 0 Å². The standard InChI is InChI=1S/C11H11NO2S/c1-13-10-3-2-4-11(5-10)14-6-9-7-15-8-12-9/h2-5,7-8H,6H2,1H3. The van der Waals surface area contributed by atoms with Crippen LogP contribution >= 0.6 is 11.3 Å². The zero-order chi connectivity index (χ0) is 10.5. The molecule has 1 heterocycles. The van der Waals surface area contributed by atoms with E-state index in [1.165, 1.54) is 0 Å². The first-order valence-electron chi connectivity index (χ1n) is 4.52. The first kappa shape index (κ1) is 9.98. The summed E-state index contributed by atoms with van der Waals surface area (Å²) >= 11 is 1.57. The minimum atomic E-state index is 0.497. The minimum Gasteiger partial charge on any atom is -0.497 e. The fourth-order valence-corrected chi connectivity index (χ4v) is 1.70. The third-order valence-electron chi connectivity index (χ3n) is 1.91. The summed E-state index contributed by atoms with van der Waals surface area (Å²) in [4.78, 5) is 4.14. The van der Waals surface area contributed by atoms with E-state index in [1.807, 2.05) is 29.6 Å². The van der Waals surface area contributed by atoms with Crippen LogP contribution in [0.4, 0.5) is 0 Å². The summed E-state index contributed by atoms with van der Waals surface area (Å²) < 4.78 is 10.7. The third-order valence-corrected chi connectivity index (χ3v) is 2.55. The van der Waals surface area contributed by atoms with Crippen molar-refractivity contribution in [1.29, 1.82) is 0 Å². The van der Waals surface area contributed by atoms with E-state index in [1.54, 1.807) is 24.0 Å². The fourth-order valence-electron chi connectivity index (χ4n) is 1.16. The highest BCUT2D eigenvalue weighted by Crippen LogP contribution is 2.19. The third kappa shape index (κ3) is 2.70. The minimum absolute atomic E-state index is 0.497. The van der Waals surface area contributed by atoms with Crippen molar-refractivity contribution in [3.63, 3.8) is 0 Å². The van der Waals surface area contributed by atoms with Gasteiger partial charge < -0.3 is 9.47 Å². The van der Waals surface area contributed by atoms with Crippen LogP contribution in [0.5, 0.6) is 11.5 Å². The van der Waals surface area contributed by atoms with Gasteiger partial charge >= 0.3 is 0 Å². The highest BCUT2D eigenvalue weighted by molar-refractivity contribution is 7.07. The summed E-state index contributed by atoms with van der Waals surface area (Å²) in [5.74, 6) is 1.59. The molecule has 78 valence electrons. The average molecular weight is 221 g/mol. The normalized spacial score (nSPS) is 9.93. The Labute approximate surface area is 92.3 Å². The van der Waals surface area contributed by atoms with E-state index in [2.05, 4.69) is 4.98 Å². The van der Waals surface area contributed by atoms with Gasteiger partial charge in [-0.2, -0.15) is 0 Å². The summed E-state index contributed by atoms with van der Waals surface area (Å²) in [5, 5.41) is 1.97. The van der Waals surface area contributed by atoms with Crippen molar-refractivity contribution in [2.24, 2.45) is 0 Å². The monoisotopic (exact) mass is 221 g/mol. The molecule has 15 heavy (non-hydrogen) atoms. The number of thiazole rings is 1. The second-order valence-electron chi connectivity index (χ2n) is 2.95. The molecule has 0 amide bonds. The van der Waals surface area contributed by atoms with Crippen LogP contribution in [0.15, 0.2) is 35.2 Å². The van der Waals surface area contributed by atoms with Crippen LogP contribution < -0.4 is 9.47 Å². The van der Waals surface area contributed by atoms with E-state index in [-0.39, 0.29) is 0 Å². The lowest BCUT2D eigenvalue weighted by Crippen LogP contribution is -1.95. The first-order valence-corrected chi connectivity index (χ1v) is 5.46. The van der Waals surface area contributed by atoms with Crippen molar-refractivity contribution in [3.05, 3.63) is 40.8 Å². The number of benzene rings is 1. The lowest BCUT2D eigenvalue weighted by molar-refractivity contribution is 0.299. The lowest BCUT2D eigenvalue weighted by atomic mass is 10.3. The molecule has 0 aliphatic rings. The molecular weight excluding hydrogens is 210 g/mol. The Kier molecular flexibility index (Phi) is 3.19. The molecule has 2 aromatic rings. The van der Waals surface area contributed by atoms with Gasteiger partial charge in [-0.05, 0) is 12.1 Å². The number of hydrogen-bond acceptors (Lipinski definition) is 4. The summed E-state index contributed by atoms with van der Waals surface area (Å²) in [6.07, 6.45) is 0. The highest BCUT2D eigenvalue weighted by atomic mass is 32.1. The van der Waals surface area contributed by atoms with Gasteiger partial charge in [-0.15, -0.1) is 11.3 Å². The molecule has 0 fully saturated rings. The molecule has 1 aromatic heterocycles. The number of ether oxygens (including phenoxy) is 2. The van der Waals surface area contributed by atoms with Gasteiger partial charge in [-0.1, -0.05) is 6.07 Å². The average Bonchev–Trinajstić information content (AvgIpc) is 2.79. The number of methoxy groups -OCH3 is 1. The Hall–Kier alpha value is -1.55. The summed E-state index contributed by atoms with van der Waals surface area (Å²) in [7, 11) is 1.64. The topological polar surface area (TPSA) is 31.4 Å². The van der Waals surface area contributed by atoms with Gasteiger partial charge in [0.2, 0.25) is 0 Å². The number of hydrogen-bond donors (Lipinski definition) is 0. The molecule has 0 unspecified atom stereocenters. The zero-order valence-electron chi connectivity index (χ0n) is 8.34. The SMILES string of the molecule is COc1cccc(OCc2cscn2)c1. The molecular formula is C11H11NO2S. The lowest BCUT2D eigenvalue weighted by Gasteiger charge is -2.05. The summed E-state index contributed by atoms with van der Waals surface area (Å²) in [6.45, 7) is 0.497. The van der Waals surface area contributed by atoms with E-state index in [4.69, 9.17) is 9.47 Å². The van der Waals surface area contributed by atoms with Crippen LogP contribution in [-0.2, 0) is 6.61 Å². The quantitative estimate of drug-likeness (QED) is 0.795. The van der Waals surface area contributed by atoms with Gasteiger partial charge in [0.25, 0.3) is 0 Å². The van der Waals surface area contributed by atoms with Gasteiger partial charge in [0.1, 0.15) is 18.1 Å². The largest absolute Gasteiger partial charge is 0.497 e. The molecule has 0 saturated carbocycles. The summed E-state index contributed by atoms with van der Waals surface area (Å²) in [6, 6.07) is 7.53. The van der Waals surface area contributed by atoms with E-state index in [9.17, 15) is 0 Å². The molecule has 0 spiro atoms. The van der Waals surface area contributed by atoms with E-state index < -0.39 is 0 Å². The maximum Gasteiger partial charge on any atom is 0.131 e. The van der Waals surface area contributed by atoms with Crippen molar-refractivity contribution in [2.75, 3.05) is 7.11 Å². The molecule has 0 saturated heterocycles. The van der Waals surface area contributed by atoms with Gasteiger partial charge in [0.05, 0.1) is 18.3 Å². The first-order chi connectivity index (χ1) is 7.38. The molecule has 0 atom stereocenters. The molecule has 0 aliphatic carbocycles. The van der Waals surface area contributed by atoms with E-state index >= 15 is 0 Å². The maximum atomic E-state index is 5.56. The molecule has 0 bridgehead atoms. The second kappa shape index (κ2) is 4.79. The Bertz CT molecular complexity index is 414. The van der Waals surface area contributed by atoms with Gasteiger partial charge in [0.15, 0.2) is 0 Å². The molecule has 4 heteroatoms. The van der Waals surface area contributed by atoms with Crippen LogP contribution in [0.2, 0.25) is 0 Å². The van der Waals surface area contributed by atoms with Gasteiger partial charge in [0, 0.05) is 11.4 Å². The maximum absolute atomic E-state index is 5.56. The number of aromatic nitrogens is 1. The van der Waals surface area contributed by atoms with E-state index in [0.29, 0.717) is 6.61 Å². The van der Waals surface area contributed by atoms with Crippen molar-refractivity contribution >= 4 is 11.3 Å². The Morgan fingerprint density at radius 3 is 2.93 bits per heavy atom. The molecule has 0 N–H and O–H groups in total. The van der Waals surface area contributed by atoms with Crippen LogP contribution in [0, 0.1) is 0 Å². The molecule has 1 aromatic carbocycles. The van der Waals surface area contributed by atoms with Crippen LogP contribution in [0.1, 0.15) is 5.69 Å². The molecule has 2 rings (SSSR count). The van der Waals surface area contributed by atoms with Crippen LogP contribution in [-0.4, -0.2) is 12.1 Å². The molecule has 0 radical (unpaired) electrons. The van der Waals surface area contributed by atoms with Crippen molar-refractivity contribution in [1.82, 2.24) is 4.98 Å². The van der Waals surface area contributed by atoms with Gasteiger partial charge in [-0.25, -0.2) is 4.98 Å². The van der Waals surface area contributed by atoms with Crippen molar-refractivity contribution < 1.29 is 9.47 Å². The highest BCUT2D eigenvalue weighted by Gasteiger charge is 1.98. The number of nitrogens with zero attached hydrogens (tertiary/aromatic N) is 1. The fraction of sp³-hybridized carbons (Fsp3) is 0.182. The second-order valence-corrected chi connectivity index (χ2v) is 3.67. The Morgan fingerprint density at radius 1 is 1.33 bits per heavy atom. The molecule has 3 nitrogen and oxygen atoms in total. The van der Waals surface area contributed by atoms with Crippen molar-refractivity contribution in [2.45, 2.75) is 6.61 Å². The Balaban J connectivity index is 1.98. The summed E-state index contributed by atoms with van der Waals surface area (Å²) in [5.41, 5.74) is 2.74. The Morgan fingerprint density at radius 2 is 2.20 bits per heavy atom. The van der Waals surface area contributed by atoms with E-state index in [0.717, 1.165) is 17.2 Å². The zero-order valence-corrected chi connectivity index (χ0v) is 9.16. The number of rotatable bonds is 4. The molecule has 0 aliphatic heterocycles. The smallest absolute Gasteiger partial charge is 0.131 e.